The van der Waals surface area contributed by atoms with Gasteiger partial charge in [0.2, 0.25) is 11.4 Å². The summed E-state index contributed by atoms with van der Waals surface area (Å²) in [4.78, 5) is 25.7. The molecule has 2 aromatic rings. The summed E-state index contributed by atoms with van der Waals surface area (Å²) >= 11 is 12.1. The third-order valence-electron chi connectivity index (χ3n) is 4.07. The number of rotatable bonds is 8. The first kappa shape index (κ1) is 22.2. The Morgan fingerprint density at radius 1 is 0.929 bits per heavy atom. The maximum Gasteiger partial charge on any atom is 0.431 e. The monoisotopic (exact) mass is 443 g/mol. The molecule has 2 rings (SSSR count). The Morgan fingerprint density at radius 2 is 1.43 bits per heavy atom. The van der Waals surface area contributed by atoms with Gasteiger partial charge < -0.3 is 14.2 Å². The number of hydrogen-bond acceptors (Lipinski definition) is 6. The van der Waals surface area contributed by atoms with Crippen LogP contribution in [0.1, 0.15) is 27.6 Å². The van der Waals surface area contributed by atoms with Crippen molar-refractivity contribution in [3.63, 3.8) is 0 Å². The molecule has 2 atom stereocenters. The predicted molar refractivity (Wildman–Crippen MR) is 108 cm³/mol. The second-order valence-electron chi connectivity index (χ2n) is 5.67. The van der Waals surface area contributed by atoms with E-state index in [1.165, 1.54) is 52.5 Å². The Hall–Kier alpha value is -2.14. The highest BCUT2D eigenvalue weighted by Gasteiger charge is 2.45. The molecule has 2 unspecified atom stereocenters. The van der Waals surface area contributed by atoms with Crippen LogP contribution in [-0.4, -0.2) is 38.3 Å². The second kappa shape index (κ2) is 9.37. The van der Waals surface area contributed by atoms with E-state index in [9.17, 15) is 14.2 Å². The van der Waals surface area contributed by atoms with E-state index in [2.05, 4.69) is 0 Å². The van der Waals surface area contributed by atoms with E-state index in [0.717, 1.165) is 0 Å². The van der Waals surface area contributed by atoms with E-state index >= 15 is 0 Å². The molecule has 0 radical (unpaired) electrons. The van der Waals surface area contributed by atoms with Crippen molar-refractivity contribution < 1.29 is 28.4 Å². The summed E-state index contributed by atoms with van der Waals surface area (Å²) in [7, 11) is 1.48. The van der Waals surface area contributed by atoms with Crippen LogP contribution in [0, 0.1) is 0 Å². The molecule has 9 heteroatoms. The first-order valence-corrected chi connectivity index (χ1v) is 10.1. The van der Waals surface area contributed by atoms with Gasteiger partial charge in [0.25, 0.3) is 0 Å². The van der Waals surface area contributed by atoms with Crippen LogP contribution in [0.15, 0.2) is 30.3 Å². The van der Waals surface area contributed by atoms with Crippen LogP contribution in [0.4, 0.5) is 0 Å². The summed E-state index contributed by atoms with van der Waals surface area (Å²) in [6.45, 7) is 1.39. The van der Waals surface area contributed by atoms with Gasteiger partial charge in [-0.15, -0.1) is 0 Å². The second-order valence-corrected chi connectivity index (χ2v) is 8.32. The largest absolute Gasteiger partial charge is 0.496 e. The minimum absolute atomic E-state index is 0.0307. The highest BCUT2D eigenvalue weighted by Crippen LogP contribution is 2.43. The third-order valence-corrected chi connectivity index (χ3v) is 6.26. The van der Waals surface area contributed by atoms with Crippen molar-refractivity contribution in [3.8, 4) is 17.2 Å². The molecule has 0 N–H and O–H groups in total. The summed E-state index contributed by atoms with van der Waals surface area (Å²) in [5.41, 5.74) is -1.94. The van der Waals surface area contributed by atoms with E-state index in [4.69, 9.17) is 37.4 Å². The molecule has 0 aliphatic rings. The highest BCUT2D eigenvalue weighted by atomic mass is 35.5. The zero-order chi connectivity index (χ0) is 21.0. The third kappa shape index (κ3) is 4.30. The predicted octanol–water partition coefficient (Wildman–Crippen LogP) is 5.26. The molecule has 0 aliphatic carbocycles. The summed E-state index contributed by atoms with van der Waals surface area (Å²) in [6.07, 6.45) is 0. The molecule has 0 saturated carbocycles. The number of Topliss-reactive ketones (excluding diaryl/α,β-unsaturated/α-hetero) is 1. The molecule has 148 valence electrons. The highest BCUT2D eigenvalue weighted by molar-refractivity contribution is 7.66. The van der Waals surface area contributed by atoms with Crippen LogP contribution < -0.4 is 14.2 Å². The van der Waals surface area contributed by atoms with Gasteiger partial charge in [-0.3, -0.25) is 4.79 Å². The summed E-state index contributed by atoms with van der Waals surface area (Å²) < 4.78 is 28.5. The van der Waals surface area contributed by atoms with Gasteiger partial charge >= 0.3 is 13.3 Å². The van der Waals surface area contributed by atoms with Gasteiger partial charge in [0, 0.05) is 12.1 Å². The smallest absolute Gasteiger partial charge is 0.431 e. The molecule has 0 bridgehead atoms. The minimum atomic E-state index is -2.68. The van der Waals surface area contributed by atoms with Gasteiger partial charge in [0.1, 0.15) is 17.2 Å². The van der Waals surface area contributed by atoms with E-state index in [1.54, 1.807) is 6.07 Å². The van der Waals surface area contributed by atoms with Crippen molar-refractivity contribution in [2.75, 3.05) is 21.3 Å². The van der Waals surface area contributed by atoms with Crippen LogP contribution in [0.3, 0.4) is 0 Å². The Kier molecular flexibility index (Phi) is 7.41. The van der Waals surface area contributed by atoms with Gasteiger partial charge in [-0.05, 0) is 19.1 Å². The van der Waals surface area contributed by atoms with E-state index in [1.807, 2.05) is 0 Å². The fraction of sp³-hybridized carbons (Fsp3) is 0.263. The Labute approximate surface area is 173 Å². The number of benzene rings is 2. The van der Waals surface area contributed by atoms with Crippen LogP contribution in [0.2, 0.25) is 10.0 Å². The molecule has 0 spiro atoms. The maximum atomic E-state index is 12.9. The van der Waals surface area contributed by atoms with E-state index in [-0.39, 0.29) is 32.7 Å². The fourth-order valence-corrected chi connectivity index (χ4v) is 4.27. The van der Waals surface area contributed by atoms with Gasteiger partial charge in [0.15, 0.2) is 5.56 Å². The number of ether oxygens (including phenoxy) is 3. The average molecular weight is 444 g/mol. The topological polar surface area (TPSA) is 78.9 Å². The molecule has 0 heterocycles. The van der Waals surface area contributed by atoms with Crippen LogP contribution >= 0.6 is 31.0 Å². The molecule has 0 aromatic heterocycles. The lowest BCUT2D eigenvalue weighted by Crippen LogP contribution is -2.17. The lowest BCUT2D eigenvalue weighted by molar-refractivity contribution is 0.0982. The normalized spacial score (nSPS) is 12.1. The number of hydrogen-bond donors (Lipinski definition) is 0. The number of carbonyl (C=O) groups excluding carboxylic acids is 2. The van der Waals surface area contributed by atoms with E-state index in [0.29, 0.717) is 5.75 Å². The summed E-state index contributed by atoms with van der Waals surface area (Å²) in [5, 5.41) is 0.250. The van der Waals surface area contributed by atoms with Gasteiger partial charge in [-0.1, -0.05) is 33.8 Å². The number of carbonyl (C=O) groups is 2. The van der Waals surface area contributed by atoms with Crippen molar-refractivity contribution >= 4 is 42.3 Å². The standard InChI is InChI=1S/C19H18Cl2O6P/c1-10(18(22)16-12(20)6-5-7-13(16)21)28(24)19(23)17-14(26-3)8-11(25-2)9-15(17)27-4/h5-10H,1-4H3/q+1. The van der Waals surface area contributed by atoms with E-state index < -0.39 is 24.8 Å². The molecule has 0 saturated heterocycles. The fourth-order valence-electron chi connectivity index (χ4n) is 2.55. The molecular weight excluding hydrogens is 426 g/mol. The van der Waals surface area contributed by atoms with Crippen LogP contribution in [0.5, 0.6) is 17.2 Å². The molecule has 2 aromatic carbocycles. The van der Waals surface area contributed by atoms with Gasteiger partial charge in [0.05, 0.1) is 36.9 Å². The number of methoxy groups -OCH3 is 3. The van der Waals surface area contributed by atoms with Crippen molar-refractivity contribution in [2.24, 2.45) is 0 Å². The number of ketones is 1. The average Bonchev–Trinajstić information content (AvgIpc) is 2.70. The zero-order valence-electron chi connectivity index (χ0n) is 15.6. The minimum Gasteiger partial charge on any atom is -0.496 e. The van der Waals surface area contributed by atoms with Crippen LogP contribution in [-0.2, 0) is 4.57 Å². The molecule has 28 heavy (non-hydrogen) atoms. The maximum absolute atomic E-state index is 12.9. The lowest BCUT2D eigenvalue weighted by atomic mass is 10.1. The Morgan fingerprint density at radius 3 is 1.86 bits per heavy atom. The van der Waals surface area contributed by atoms with Gasteiger partial charge in [-0.25, -0.2) is 4.79 Å². The van der Waals surface area contributed by atoms with Crippen molar-refractivity contribution in [1.82, 2.24) is 0 Å². The van der Waals surface area contributed by atoms with Crippen molar-refractivity contribution in [1.29, 1.82) is 0 Å². The molecule has 0 fully saturated rings. The molecular formula is C19H18Cl2O6P+. The summed E-state index contributed by atoms with van der Waals surface area (Å²) in [6, 6.07) is 7.52. The first-order chi connectivity index (χ1) is 13.3. The summed E-state index contributed by atoms with van der Waals surface area (Å²) in [5.74, 6) is 0.0592. The number of halogens is 2. The van der Waals surface area contributed by atoms with Gasteiger partial charge in [-0.2, -0.15) is 0 Å². The SMILES string of the molecule is COc1cc(OC)c(C(=O)[P+](=O)C(C)C(=O)c2c(Cl)cccc2Cl)c(OC)c1. The molecule has 0 amide bonds. The zero-order valence-corrected chi connectivity index (χ0v) is 18.0. The Balaban J connectivity index is 2.44. The molecule has 0 aliphatic heterocycles. The van der Waals surface area contributed by atoms with Crippen molar-refractivity contribution in [2.45, 2.75) is 12.6 Å². The Bertz CT molecular complexity index is 899. The van der Waals surface area contributed by atoms with Crippen LogP contribution in [0.25, 0.3) is 0 Å². The quantitative estimate of drug-likeness (QED) is 0.409. The lowest BCUT2D eigenvalue weighted by Gasteiger charge is -2.12. The molecule has 6 nitrogen and oxygen atoms in total. The van der Waals surface area contributed by atoms with Crippen molar-refractivity contribution in [3.05, 3.63) is 51.5 Å². The first-order valence-electron chi connectivity index (χ1n) is 8.05.